The first kappa shape index (κ1) is 15.4. The number of halogens is 2. The van der Waals surface area contributed by atoms with Crippen molar-refractivity contribution in [3.05, 3.63) is 33.3 Å². The monoisotopic (exact) mass is 353 g/mol. The van der Waals surface area contributed by atoms with E-state index in [0.717, 1.165) is 26.0 Å². The first-order valence-electron chi connectivity index (χ1n) is 5.03. The first-order chi connectivity index (χ1) is 7.83. The van der Waals surface area contributed by atoms with E-state index >= 15 is 0 Å². The van der Waals surface area contributed by atoms with Crippen LogP contribution in [0.25, 0.3) is 0 Å². The summed E-state index contributed by atoms with van der Waals surface area (Å²) in [7, 11) is -0.599. The summed E-state index contributed by atoms with van der Waals surface area (Å²) in [5, 5.41) is 1.79. The Morgan fingerprint density at radius 3 is 2.53 bits per heavy atom. The SMILES string of the molecule is CS/C(=N\CS(C)(C)C)c1ccc(Br)c(Cl)c1. The number of hydrogen-bond donors (Lipinski definition) is 0. The van der Waals surface area contributed by atoms with Crippen LogP contribution in [0.5, 0.6) is 0 Å². The van der Waals surface area contributed by atoms with Crippen LogP contribution >= 0.6 is 49.3 Å². The van der Waals surface area contributed by atoms with E-state index in [4.69, 9.17) is 16.6 Å². The van der Waals surface area contributed by atoms with Gasteiger partial charge in [-0.2, -0.15) is 0 Å². The molecule has 0 fully saturated rings. The molecule has 0 aliphatic rings. The zero-order valence-electron chi connectivity index (χ0n) is 10.5. The maximum atomic E-state index is 6.10. The maximum Gasteiger partial charge on any atom is 0.0984 e. The Kier molecular flexibility index (Phi) is 5.90. The summed E-state index contributed by atoms with van der Waals surface area (Å²) in [5.74, 6) is 0.900. The molecule has 0 aliphatic heterocycles. The molecular weight excluding hydrogens is 338 g/mol. The van der Waals surface area contributed by atoms with E-state index in [1.165, 1.54) is 0 Å². The summed E-state index contributed by atoms with van der Waals surface area (Å²) >= 11 is 11.2. The zero-order valence-corrected chi connectivity index (χ0v) is 14.4. The van der Waals surface area contributed by atoms with Crippen LogP contribution in [0.15, 0.2) is 27.7 Å². The maximum absolute atomic E-state index is 6.10. The number of rotatable bonds is 3. The quantitative estimate of drug-likeness (QED) is 0.557. The van der Waals surface area contributed by atoms with Crippen molar-refractivity contribution in [1.82, 2.24) is 0 Å². The summed E-state index contributed by atoms with van der Waals surface area (Å²) in [6.45, 7) is 0. The van der Waals surface area contributed by atoms with Gasteiger partial charge in [-0.15, -0.1) is 11.8 Å². The van der Waals surface area contributed by atoms with E-state index in [9.17, 15) is 0 Å². The summed E-state index contributed by atoms with van der Waals surface area (Å²) in [5.41, 5.74) is 1.09. The van der Waals surface area contributed by atoms with E-state index in [1.54, 1.807) is 11.8 Å². The van der Waals surface area contributed by atoms with Crippen molar-refractivity contribution < 1.29 is 0 Å². The second-order valence-corrected chi connectivity index (χ2v) is 11.0. The number of benzene rings is 1. The highest BCUT2D eigenvalue weighted by Gasteiger charge is 2.07. The highest BCUT2D eigenvalue weighted by atomic mass is 79.9. The van der Waals surface area contributed by atoms with Gasteiger partial charge in [-0.1, -0.05) is 17.7 Å². The van der Waals surface area contributed by atoms with Gasteiger partial charge in [0.05, 0.1) is 15.9 Å². The number of hydrogen-bond acceptors (Lipinski definition) is 2. The molecule has 0 radical (unpaired) electrons. The molecule has 1 aromatic rings. The molecule has 0 bridgehead atoms. The fourth-order valence-corrected chi connectivity index (χ4v) is 2.74. The van der Waals surface area contributed by atoms with Gasteiger partial charge in [0.1, 0.15) is 0 Å². The summed E-state index contributed by atoms with van der Waals surface area (Å²) in [4.78, 5) is 4.70. The molecule has 1 nitrogen and oxygen atoms in total. The Bertz CT molecular complexity index is 427. The van der Waals surface area contributed by atoms with Crippen molar-refractivity contribution in [1.29, 1.82) is 0 Å². The minimum Gasteiger partial charge on any atom is -0.269 e. The average Bonchev–Trinajstić information content (AvgIpc) is 2.22. The van der Waals surface area contributed by atoms with Crippen molar-refractivity contribution in [2.24, 2.45) is 4.99 Å². The minimum absolute atomic E-state index is 0.599. The smallest absolute Gasteiger partial charge is 0.0984 e. The molecule has 0 saturated carbocycles. The van der Waals surface area contributed by atoms with Gasteiger partial charge in [0, 0.05) is 10.0 Å². The van der Waals surface area contributed by atoms with Crippen LogP contribution in [0.3, 0.4) is 0 Å². The molecule has 96 valence electrons. The topological polar surface area (TPSA) is 12.4 Å². The lowest BCUT2D eigenvalue weighted by atomic mass is 10.2. The van der Waals surface area contributed by atoms with Crippen molar-refractivity contribution in [3.8, 4) is 0 Å². The van der Waals surface area contributed by atoms with Crippen LogP contribution in [0.4, 0.5) is 0 Å². The van der Waals surface area contributed by atoms with E-state index in [-0.39, 0.29) is 0 Å². The van der Waals surface area contributed by atoms with Gasteiger partial charge >= 0.3 is 0 Å². The Morgan fingerprint density at radius 1 is 1.41 bits per heavy atom. The van der Waals surface area contributed by atoms with Crippen molar-refractivity contribution >= 4 is 54.4 Å². The summed E-state index contributed by atoms with van der Waals surface area (Å²) in [6, 6.07) is 5.97. The molecule has 0 atom stereocenters. The van der Waals surface area contributed by atoms with Crippen molar-refractivity contribution in [2.75, 3.05) is 30.9 Å². The van der Waals surface area contributed by atoms with Crippen molar-refractivity contribution in [3.63, 3.8) is 0 Å². The highest BCUT2D eigenvalue weighted by molar-refractivity contribution is 9.10. The van der Waals surface area contributed by atoms with E-state index in [0.29, 0.717) is 0 Å². The van der Waals surface area contributed by atoms with Crippen LogP contribution in [0.1, 0.15) is 5.56 Å². The van der Waals surface area contributed by atoms with Crippen molar-refractivity contribution in [2.45, 2.75) is 0 Å². The summed E-state index contributed by atoms with van der Waals surface area (Å²) < 4.78 is 0.921. The molecule has 0 N–H and O–H groups in total. The zero-order chi connectivity index (χ0) is 13.1. The molecule has 0 saturated heterocycles. The Morgan fingerprint density at radius 2 is 2.06 bits per heavy atom. The normalized spacial score (nSPS) is 13.9. The average molecular weight is 355 g/mol. The van der Waals surface area contributed by atoms with Gasteiger partial charge in [0.2, 0.25) is 0 Å². The third kappa shape index (κ3) is 5.25. The Balaban J connectivity index is 2.97. The molecule has 0 amide bonds. The van der Waals surface area contributed by atoms with Crippen LogP contribution < -0.4 is 0 Å². The Hall–Kier alpha value is 0.360. The molecule has 0 spiro atoms. The van der Waals surface area contributed by atoms with E-state index < -0.39 is 10.0 Å². The predicted octanol–water partition coefficient (Wildman–Crippen LogP) is 4.86. The largest absolute Gasteiger partial charge is 0.269 e. The lowest BCUT2D eigenvalue weighted by molar-refractivity contribution is 1.36. The fourth-order valence-electron chi connectivity index (χ4n) is 1.16. The van der Waals surface area contributed by atoms with Gasteiger partial charge in [0.25, 0.3) is 0 Å². The molecule has 17 heavy (non-hydrogen) atoms. The van der Waals surface area contributed by atoms with Gasteiger partial charge in [0.15, 0.2) is 0 Å². The third-order valence-electron chi connectivity index (χ3n) is 1.96. The molecule has 1 aromatic carbocycles. The molecule has 0 aromatic heterocycles. The standard InChI is InChI=1S/C12H17BrClNS2/c1-16-12(15-8-17(2,3)4)9-5-6-10(13)11(14)7-9/h5-7H,8H2,1-4H3/b15-12-. The first-order valence-corrected chi connectivity index (χ1v) is 10.5. The van der Waals surface area contributed by atoms with Gasteiger partial charge in [-0.3, -0.25) is 4.99 Å². The van der Waals surface area contributed by atoms with Gasteiger partial charge in [-0.25, -0.2) is 10.0 Å². The molecule has 1 rings (SSSR count). The predicted molar refractivity (Wildman–Crippen MR) is 89.4 cm³/mol. The summed E-state index contributed by atoms with van der Waals surface area (Å²) in [6.07, 6.45) is 8.85. The third-order valence-corrected chi connectivity index (χ3v) is 4.84. The molecule has 0 heterocycles. The number of nitrogens with zero attached hydrogens (tertiary/aromatic N) is 1. The highest BCUT2D eigenvalue weighted by Crippen LogP contribution is 2.35. The molecule has 5 heteroatoms. The molecular formula is C12H17BrClNS2. The Labute approximate surface area is 123 Å². The van der Waals surface area contributed by atoms with Crippen LogP contribution in [-0.4, -0.2) is 35.9 Å². The van der Waals surface area contributed by atoms with Gasteiger partial charge < -0.3 is 0 Å². The lowest BCUT2D eigenvalue weighted by Gasteiger charge is -2.22. The fraction of sp³-hybridized carbons (Fsp3) is 0.417. The molecule has 0 aliphatic carbocycles. The van der Waals surface area contributed by atoms with Crippen LogP contribution in [-0.2, 0) is 0 Å². The second kappa shape index (κ2) is 6.50. The van der Waals surface area contributed by atoms with E-state index in [2.05, 4.69) is 34.7 Å². The van der Waals surface area contributed by atoms with E-state index in [1.807, 2.05) is 24.5 Å². The minimum atomic E-state index is -0.599. The van der Waals surface area contributed by atoms with Gasteiger partial charge in [-0.05, 0) is 53.1 Å². The van der Waals surface area contributed by atoms with Crippen LogP contribution in [0.2, 0.25) is 5.02 Å². The second-order valence-electron chi connectivity index (χ2n) is 4.52. The van der Waals surface area contributed by atoms with Crippen LogP contribution in [0, 0.1) is 0 Å². The number of thioether (sulfide) groups is 1. The molecule has 0 unspecified atom stereocenters. The number of aliphatic imine (C=N–C) groups is 1. The lowest BCUT2D eigenvalue weighted by Crippen LogP contribution is -2.01.